The van der Waals surface area contributed by atoms with Gasteiger partial charge in [0.05, 0.1) is 11.1 Å². The second-order valence-electron chi connectivity index (χ2n) is 7.04. The SMILES string of the molecule is CC(C)C1=C(C(=O)O)SC2=NC(c3ccc(Cl)nc3)[C@@H](c3ccc(Cl)c(F)c3)N21. The van der Waals surface area contributed by atoms with Crippen molar-refractivity contribution in [1.82, 2.24) is 9.88 Å². The molecule has 2 atom stereocenters. The Hall–Kier alpha value is -2.09. The number of hydrogen-bond acceptors (Lipinski definition) is 5. The van der Waals surface area contributed by atoms with E-state index in [9.17, 15) is 14.3 Å². The molecule has 0 aliphatic carbocycles. The van der Waals surface area contributed by atoms with Crippen LogP contribution < -0.4 is 0 Å². The van der Waals surface area contributed by atoms with Gasteiger partial charge >= 0.3 is 5.97 Å². The average Bonchev–Trinajstić information content (AvgIpc) is 3.21. The van der Waals surface area contributed by atoms with Gasteiger partial charge in [-0.25, -0.2) is 14.2 Å². The van der Waals surface area contributed by atoms with Crippen molar-refractivity contribution in [1.29, 1.82) is 0 Å². The molecule has 0 spiro atoms. The van der Waals surface area contributed by atoms with Crippen molar-refractivity contribution >= 4 is 46.1 Å². The lowest BCUT2D eigenvalue weighted by molar-refractivity contribution is -0.131. The Morgan fingerprint density at radius 1 is 1.24 bits per heavy atom. The highest BCUT2D eigenvalue weighted by Gasteiger charge is 2.47. The third kappa shape index (κ3) is 3.52. The molecule has 5 nitrogen and oxygen atoms in total. The minimum Gasteiger partial charge on any atom is -0.477 e. The molecule has 0 saturated heterocycles. The average molecular weight is 452 g/mol. The summed E-state index contributed by atoms with van der Waals surface area (Å²) >= 11 is 12.9. The maximum absolute atomic E-state index is 14.3. The highest BCUT2D eigenvalue weighted by molar-refractivity contribution is 8.18. The molecular weight excluding hydrogens is 436 g/mol. The fraction of sp³-hybridized carbons (Fsp3) is 0.250. The van der Waals surface area contributed by atoms with Crippen LogP contribution in [0.1, 0.15) is 37.1 Å². The first kappa shape index (κ1) is 20.2. The Bertz CT molecular complexity index is 1060. The lowest BCUT2D eigenvalue weighted by Gasteiger charge is -2.31. The quantitative estimate of drug-likeness (QED) is 0.605. The van der Waals surface area contributed by atoms with E-state index in [2.05, 4.69) is 4.98 Å². The number of pyridine rings is 1. The molecule has 0 saturated carbocycles. The second-order valence-corrected chi connectivity index (χ2v) is 8.81. The predicted octanol–water partition coefficient (Wildman–Crippen LogP) is 5.68. The van der Waals surface area contributed by atoms with Crippen molar-refractivity contribution in [3.8, 4) is 0 Å². The summed E-state index contributed by atoms with van der Waals surface area (Å²) in [7, 11) is 0. The van der Waals surface area contributed by atoms with Crippen LogP contribution in [0.3, 0.4) is 0 Å². The van der Waals surface area contributed by atoms with E-state index >= 15 is 0 Å². The Balaban J connectivity index is 1.88. The third-order valence-electron chi connectivity index (χ3n) is 4.84. The maximum atomic E-state index is 14.3. The van der Waals surface area contributed by atoms with E-state index in [1.165, 1.54) is 12.1 Å². The van der Waals surface area contributed by atoms with Gasteiger partial charge in [0.1, 0.15) is 21.9 Å². The number of nitrogens with zero attached hydrogens (tertiary/aromatic N) is 3. The number of carboxylic acid groups (broad SMARTS) is 1. The molecule has 29 heavy (non-hydrogen) atoms. The van der Waals surface area contributed by atoms with Crippen LogP contribution in [-0.4, -0.2) is 26.1 Å². The van der Waals surface area contributed by atoms with Gasteiger partial charge in [0, 0.05) is 11.9 Å². The molecule has 2 aromatic rings. The third-order valence-corrected chi connectivity index (χ3v) is 6.44. The molecule has 150 valence electrons. The molecule has 1 unspecified atom stereocenters. The fourth-order valence-electron chi connectivity index (χ4n) is 3.63. The molecule has 1 N–H and O–H groups in total. The number of fused-ring (bicyclic) bond motifs is 1. The number of hydrogen-bond donors (Lipinski definition) is 1. The van der Waals surface area contributed by atoms with E-state index in [-0.39, 0.29) is 15.8 Å². The number of allylic oxidation sites excluding steroid dienone is 1. The van der Waals surface area contributed by atoms with Crippen LogP contribution in [0, 0.1) is 11.7 Å². The number of carbonyl (C=O) groups is 1. The summed E-state index contributed by atoms with van der Waals surface area (Å²) in [5, 5.41) is 10.6. The standard InChI is InChI=1S/C20H16Cl2FN3O2S/c1-9(2)16-18(19(27)28)29-20-25-15(11-4-6-14(22)24-8-11)17(26(16)20)10-3-5-12(21)13(23)7-10/h3-9,15,17H,1-2H3,(H,27,28)/t15?,17-/m1/s1. The van der Waals surface area contributed by atoms with Gasteiger partial charge < -0.3 is 10.0 Å². The normalized spacial score (nSPS) is 21.0. The van der Waals surface area contributed by atoms with Crippen LogP contribution in [0.25, 0.3) is 0 Å². The van der Waals surface area contributed by atoms with E-state index in [1.54, 1.807) is 18.3 Å². The summed E-state index contributed by atoms with van der Waals surface area (Å²) < 4.78 is 14.3. The number of amidine groups is 1. The van der Waals surface area contributed by atoms with Crippen molar-refractivity contribution in [2.45, 2.75) is 25.9 Å². The number of rotatable bonds is 4. The van der Waals surface area contributed by atoms with Gasteiger partial charge in [-0.15, -0.1) is 0 Å². The van der Waals surface area contributed by atoms with Crippen molar-refractivity contribution < 1.29 is 14.3 Å². The van der Waals surface area contributed by atoms with Crippen molar-refractivity contribution in [3.05, 3.63) is 74.3 Å². The molecular formula is C20H16Cl2FN3O2S. The Morgan fingerprint density at radius 3 is 2.55 bits per heavy atom. The van der Waals surface area contributed by atoms with E-state index in [0.29, 0.717) is 21.6 Å². The number of carboxylic acids is 1. The van der Waals surface area contributed by atoms with Crippen LogP contribution in [0.2, 0.25) is 10.2 Å². The predicted molar refractivity (Wildman–Crippen MR) is 113 cm³/mol. The number of benzene rings is 1. The minimum atomic E-state index is -0.999. The summed E-state index contributed by atoms with van der Waals surface area (Å²) in [5.74, 6) is -1.60. The zero-order chi connectivity index (χ0) is 20.9. The van der Waals surface area contributed by atoms with Crippen molar-refractivity contribution in [2.24, 2.45) is 10.9 Å². The molecule has 9 heteroatoms. The Kier molecular flexibility index (Phi) is 5.31. The molecule has 0 radical (unpaired) electrons. The molecule has 4 rings (SSSR count). The van der Waals surface area contributed by atoms with Crippen LogP contribution in [0.5, 0.6) is 0 Å². The van der Waals surface area contributed by atoms with Gasteiger partial charge in [0.25, 0.3) is 0 Å². The summed E-state index contributed by atoms with van der Waals surface area (Å²) in [4.78, 5) is 22.9. The molecule has 2 aliphatic rings. The van der Waals surface area contributed by atoms with Gasteiger partial charge in [-0.3, -0.25) is 4.99 Å². The number of aliphatic carboxylic acids is 1. The Labute approximate surface area is 181 Å². The largest absolute Gasteiger partial charge is 0.477 e. The molecule has 0 amide bonds. The summed E-state index contributed by atoms with van der Waals surface area (Å²) in [5.41, 5.74) is 2.11. The molecule has 2 aliphatic heterocycles. The molecule has 1 aromatic heterocycles. The van der Waals surface area contributed by atoms with Crippen LogP contribution in [0.4, 0.5) is 4.39 Å². The second kappa shape index (κ2) is 7.63. The number of aromatic nitrogens is 1. The number of halogens is 3. The van der Waals surface area contributed by atoms with Gasteiger partial charge in [-0.05, 0) is 47.0 Å². The van der Waals surface area contributed by atoms with Crippen LogP contribution in [0.15, 0.2) is 52.1 Å². The number of aliphatic imine (C=N–C) groups is 1. The molecule has 0 fully saturated rings. The minimum absolute atomic E-state index is 0.0271. The van der Waals surface area contributed by atoms with Crippen LogP contribution >= 0.6 is 35.0 Å². The highest BCUT2D eigenvalue weighted by Crippen LogP contribution is 2.53. The van der Waals surface area contributed by atoms with E-state index in [1.807, 2.05) is 24.8 Å². The summed E-state index contributed by atoms with van der Waals surface area (Å²) in [6.07, 6.45) is 1.64. The van der Waals surface area contributed by atoms with Gasteiger partial charge in [0.2, 0.25) is 0 Å². The first-order valence-electron chi connectivity index (χ1n) is 8.86. The zero-order valence-electron chi connectivity index (χ0n) is 15.4. The van der Waals surface area contributed by atoms with Crippen molar-refractivity contribution in [2.75, 3.05) is 0 Å². The van der Waals surface area contributed by atoms with E-state index in [4.69, 9.17) is 28.2 Å². The number of thioether (sulfide) groups is 1. The zero-order valence-corrected chi connectivity index (χ0v) is 17.8. The molecule has 0 bridgehead atoms. The topological polar surface area (TPSA) is 65.8 Å². The first-order chi connectivity index (χ1) is 13.8. The lowest BCUT2D eigenvalue weighted by atomic mass is 9.93. The van der Waals surface area contributed by atoms with Gasteiger partial charge in [-0.2, -0.15) is 0 Å². The van der Waals surface area contributed by atoms with Gasteiger partial charge in [-0.1, -0.05) is 49.2 Å². The monoisotopic (exact) mass is 451 g/mol. The molecule has 3 heterocycles. The van der Waals surface area contributed by atoms with Crippen molar-refractivity contribution in [3.63, 3.8) is 0 Å². The van der Waals surface area contributed by atoms with E-state index < -0.39 is 23.9 Å². The van der Waals surface area contributed by atoms with E-state index in [0.717, 1.165) is 17.3 Å². The summed E-state index contributed by atoms with van der Waals surface area (Å²) in [6.45, 7) is 3.86. The summed E-state index contributed by atoms with van der Waals surface area (Å²) in [6, 6.07) is 7.30. The molecule has 1 aromatic carbocycles. The Morgan fingerprint density at radius 2 is 1.97 bits per heavy atom. The maximum Gasteiger partial charge on any atom is 0.344 e. The lowest BCUT2D eigenvalue weighted by Crippen LogP contribution is -2.29. The van der Waals surface area contributed by atoms with Crippen LogP contribution in [-0.2, 0) is 4.79 Å². The first-order valence-corrected chi connectivity index (χ1v) is 10.4. The smallest absolute Gasteiger partial charge is 0.344 e. The highest BCUT2D eigenvalue weighted by atomic mass is 35.5. The fourth-order valence-corrected chi connectivity index (χ4v) is 5.05. The van der Waals surface area contributed by atoms with Gasteiger partial charge in [0.15, 0.2) is 5.17 Å².